The largest absolute Gasteiger partial charge is 0.487 e. The number of rotatable bonds is 10. The van der Waals surface area contributed by atoms with E-state index in [4.69, 9.17) is 4.74 Å². The monoisotopic (exact) mass is 706 g/mol. The van der Waals surface area contributed by atoms with Crippen LogP contribution in [-0.2, 0) is 6.61 Å². The second kappa shape index (κ2) is 15.0. The molecular formula is C52H38N2O. The van der Waals surface area contributed by atoms with Crippen molar-refractivity contribution in [1.29, 1.82) is 0 Å². The van der Waals surface area contributed by atoms with E-state index in [1.54, 1.807) is 0 Å². The van der Waals surface area contributed by atoms with Gasteiger partial charge >= 0.3 is 0 Å². The van der Waals surface area contributed by atoms with Crippen LogP contribution in [0.15, 0.2) is 211 Å². The quantitative estimate of drug-likeness (QED) is 0.132. The molecule has 0 amide bonds. The van der Waals surface area contributed by atoms with E-state index in [0.29, 0.717) is 6.61 Å². The SMILES string of the molecule is C=Nc1c(OCc2ccc(-c3ccc(N(c4ccc(-c5ccccc5)cc4)c4ccc(-c5ccccc5)cc4)cc3)c3ccccc23)ccc2ccccc12. The van der Waals surface area contributed by atoms with Crippen LogP contribution in [-0.4, -0.2) is 6.72 Å². The summed E-state index contributed by atoms with van der Waals surface area (Å²) >= 11 is 0. The van der Waals surface area contributed by atoms with Crippen molar-refractivity contribution in [3.63, 3.8) is 0 Å². The molecule has 0 saturated carbocycles. The Balaban J connectivity index is 1.04. The van der Waals surface area contributed by atoms with Gasteiger partial charge in [-0.15, -0.1) is 0 Å². The summed E-state index contributed by atoms with van der Waals surface area (Å²) < 4.78 is 6.43. The van der Waals surface area contributed by atoms with Crippen molar-refractivity contribution in [2.75, 3.05) is 4.90 Å². The maximum absolute atomic E-state index is 6.43. The zero-order valence-corrected chi connectivity index (χ0v) is 30.3. The molecule has 0 radical (unpaired) electrons. The summed E-state index contributed by atoms with van der Waals surface area (Å²) in [5.74, 6) is 0.728. The molecule has 0 N–H and O–H groups in total. The summed E-state index contributed by atoms with van der Waals surface area (Å²) in [4.78, 5) is 6.66. The highest BCUT2D eigenvalue weighted by Crippen LogP contribution is 2.40. The normalized spacial score (nSPS) is 11.1. The minimum absolute atomic E-state index is 0.418. The summed E-state index contributed by atoms with van der Waals surface area (Å²) in [5.41, 5.74) is 12.3. The molecule has 3 heteroatoms. The van der Waals surface area contributed by atoms with Crippen molar-refractivity contribution in [2.24, 2.45) is 4.99 Å². The Labute approximate surface area is 322 Å². The fourth-order valence-corrected chi connectivity index (χ4v) is 7.51. The van der Waals surface area contributed by atoms with Crippen molar-refractivity contribution < 1.29 is 4.74 Å². The summed E-state index contributed by atoms with van der Waals surface area (Å²) in [6.07, 6.45) is 0. The predicted molar refractivity (Wildman–Crippen MR) is 232 cm³/mol. The molecule has 3 nitrogen and oxygen atoms in total. The second-order valence-electron chi connectivity index (χ2n) is 13.6. The first kappa shape index (κ1) is 33.6. The van der Waals surface area contributed by atoms with Crippen LogP contribution < -0.4 is 9.64 Å². The van der Waals surface area contributed by atoms with Gasteiger partial charge in [0.05, 0.1) is 0 Å². The molecule has 0 saturated heterocycles. The molecule has 0 aromatic heterocycles. The zero-order chi connectivity index (χ0) is 37.0. The van der Waals surface area contributed by atoms with E-state index in [0.717, 1.165) is 55.8 Å². The first-order valence-electron chi connectivity index (χ1n) is 18.6. The fraction of sp³-hybridized carbons (Fsp3) is 0.0192. The summed E-state index contributed by atoms with van der Waals surface area (Å²) in [7, 11) is 0. The van der Waals surface area contributed by atoms with Crippen LogP contribution in [0.25, 0.3) is 54.9 Å². The lowest BCUT2D eigenvalue weighted by Gasteiger charge is -2.26. The smallest absolute Gasteiger partial charge is 0.146 e. The minimum Gasteiger partial charge on any atom is -0.487 e. The van der Waals surface area contributed by atoms with E-state index in [9.17, 15) is 0 Å². The van der Waals surface area contributed by atoms with E-state index in [2.05, 4.69) is 205 Å². The molecule has 262 valence electrons. The first-order chi connectivity index (χ1) is 27.2. The molecule has 0 heterocycles. The second-order valence-corrected chi connectivity index (χ2v) is 13.6. The van der Waals surface area contributed by atoms with Gasteiger partial charge in [-0.2, -0.15) is 0 Å². The number of benzene rings is 9. The third-order valence-corrected chi connectivity index (χ3v) is 10.3. The summed E-state index contributed by atoms with van der Waals surface area (Å²) in [5, 5.41) is 4.49. The average Bonchev–Trinajstić information content (AvgIpc) is 3.27. The van der Waals surface area contributed by atoms with Crippen LogP contribution in [0.3, 0.4) is 0 Å². The Kier molecular flexibility index (Phi) is 9.17. The zero-order valence-electron chi connectivity index (χ0n) is 30.3. The van der Waals surface area contributed by atoms with Crippen LogP contribution in [0.2, 0.25) is 0 Å². The van der Waals surface area contributed by atoms with Gasteiger partial charge < -0.3 is 9.64 Å². The highest BCUT2D eigenvalue weighted by molar-refractivity contribution is 5.99. The van der Waals surface area contributed by atoms with Crippen LogP contribution >= 0.6 is 0 Å². The number of ether oxygens (including phenoxy) is 1. The molecule has 9 aromatic rings. The lowest BCUT2D eigenvalue weighted by Crippen LogP contribution is -2.09. The van der Waals surface area contributed by atoms with E-state index in [1.807, 2.05) is 18.2 Å². The van der Waals surface area contributed by atoms with Crippen molar-refractivity contribution in [3.05, 3.63) is 212 Å². The van der Waals surface area contributed by atoms with Crippen molar-refractivity contribution in [2.45, 2.75) is 6.61 Å². The third-order valence-electron chi connectivity index (χ3n) is 10.3. The van der Waals surface area contributed by atoms with Gasteiger partial charge in [-0.25, -0.2) is 0 Å². The highest BCUT2D eigenvalue weighted by Gasteiger charge is 2.16. The first-order valence-corrected chi connectivity index (χ1v) is 18.6. The highest BCUT2D eigenvalue weighted by atomic mass is 16.5. The molecule has 9 rings (SSSR count). The van der Waals surface area contributed by atoms with Crippen LogP contribution in [0.5, 0.6) is 5.75 Å². The van der Waals surface area contributed by atoms with E-state index in [-0.39, 0.29) is 0 Å². The Morgan fingerprint density at radius 3 is 1.44 bits per heavy atom. The van der Waals surface area contributed by atoms with Gasteiger partial charge in [-0.05, 0) is 104 Å². The average molecular weight is 707 g/mol. The van der Waals surface area contributed by atoms with Crippen LogP contribution in [0.4, 0.5) is 22.7 Å². The lowest BCUT2D eigenvalue weighted by atomic mass is 9.95. The van der Waals surface area contributed by atoms with Gasteiger partial charge in [0.15, 0.2) is 0 Å². The van der Waals surface area contributed by atoms with E-state index >= 15 is 0 Å². The van der Waals surface area contributed by atoms with Gasteiger partial charge in [-0.1, -0.05) is 164 Å². The number of hydrogen-bond donors (Lipinski definition) is 0. The number of hydrogen-bond acceptors (Lipinski definition) is 3. The fourth-order valence-electron chi connectivity index (χ4n) is 7.51. The molecule has 55 heavy (non-hydrogen) atoms. The molecule has 0 aliphatic rings. The summed E-state index contributed by atoms with van der Waals surface area (Å²) in [6.45, 7) is 4.26. The van der Waals surface area contributed by atoms with Crippen molar-refractivity contribution >= 4 is 51.0 Å². The van der Waals surface area contributed by atoms with Crippen LogP contribution in [0, 0.1) is 0 Å². The minimum atomic E-state index is 0.418. The Hall–Kier alpha value is -7.23. The molecule has 9 aromatic carbocycles. The van der Waals surface area contributed by atoms with Gasteiger partial charge in [0.25, 0.3) is 0 Å². The predicted octanol–water partition coefficient (Wildman–Crippen LogP) is 14.4. The number of nitrogens with zero attached hydrogens (tertiary/aromatic N) is 2. The molecule has 0 bridgehead atoms. The molecule has 0 spiro atoms. The maximum atomic E-state index is 6.43. The lowest BCUT2D eigenvalue weighted by molar-refractivity contribution is 0.309. The molecule has 0 fully saturated rings. The number of anilines is 3. The number of aliphatic imine (C=N–C) groups is 1. The van der Waals surface area contributed by atoms with Crippen molar-refractivity contribution in [1.82, 2.24) is 0 Å². The van der Waals surface area contributed by atoms with Crippen LogP contribution in [0.1, 0.15) is 5.56 Å². The maximum Gasteiger partial charge on any atom is 0.146 e. The van der Waals surface area contributed by atoms with Gasteiger partial charge in [-0.3, -0.25) is 4.99 Å². The third kappa shape index (κ3) is 6.76. The van der Waals surface area contributed by atoms with Gasteiger partial charge in [0.1, 0.15) is 18.0 Å². The van der Waals surface area contributed by atoms with Gasteiger partial charge in [0.2, 0.25) is 0 Å². The molecular weight excluding hydrogens is 669 g/mol. The Bertz CT molecular complexity index is 2660. The topological polar surface area (TPSA) is 24.8 Å². The van der Waals surface area contributed by atoms with E-state index < -0.39 is 0 Å². The summed E-state index contributed by atoms with van der Waals surface area (Å²) in [6, 6.07) is 72.8. The Morgan fingerprint density at radius 1 is 0.400 bits per heavy atom. The standard InChI is InChI=1S/C52H38N2O/c1-53-52-49-18-9-8-16-41(49)27-35-51(52)55-36-43-26-34-48(50-19-11-10-17-47(43)50)42-24-32-46(33-25-42)54(44-28-20-39(21-29-44)37-12-4-2-5-13-37)45-30-22-40(23-31-45)38-14-6-3-7-15-38/h2-35H,1,36H2. The van der Waals surface area contributed by atoms with E-state index in [1.165, 1.54) is 33.2 Å². The number of fused-ring (bicyclic) bond motifs is 2. The van der Waals surface area contributed by atoms with Crippen molar-refractivity contribution in [3.8, 4) is 39.1 Å². The van der Waals surface area contributed by atoms with Gasteiger partial charge in [0, 0.05) is 22.4 Å². The molecule has 0 aliphatic carbocycles. The molecule has 0 atom stereocenters. The molecule has 0 unspecified atom stereocenters. The molecule has 0 aliphatic heterocycles. The Morgan fingerprint density at radius 2 is 0.873 bits per heavy atom.